The monoisotopic (exact) mass is 407 g/mol. The highest BCUT2D eigenvalue weighted by atomic mass is 16.5. The van der Waals surface area contributed by atoms with Crippen LogP contribution < -0.4 is 10.6 Å². The third-order valence-electron chi connectivity index (χ3n) is 6.07. The smallest absolute Gasteiger partial charge is 0.326 e. The molecule has 160 valence electrons. The summed E-state index contributed by atoms with van der Waals surface area (Å²) in [5.74, 6) is -2.94. The number of nitrogens with one attached hydrogen (secondary N) is 2. The van der Waals surface area contributed by atoms with E-state index >= 15 is 0 Å². The Kier molecular flexibility index (Phi) is 6.87. The number of amides is 5. The summed E-state index contributed by atoms with van der Waals surface area (Å²) in [4.78, 5) is 62.0. The second kappa shape index (κ2) is 9.37. The molecule has 0 aromatic heterocycles. The molecule has 5 amide bonds. The van der Waals surface area contributed by atoms with Crippen molar-refractivity contribution in [3.63, 3.8) is 0 Å². The lowest BCUT2D eigenvalue weighted by atomic mass is 9.81. The molecule has 9 nitrogen and oxygen atoms in total. The maximum absolute atomic E-state index is 12.4. The number of nitrogens with zero attached hydrogens (tertiary/aromatic N) is 1. The van der Waals surface area contributed by atoms with Gasteiger partial charge in [-0.2, -0.15) is 0 Å². The van der Waals surface area contributed by atoms with Gasteiger partial charge < -0.3 is 10.1 Å². The van der Waals surface area contributed by atoms with E-state index in [1.54, 1.807) is 0 Å². The first-order valence-electron chi connectivity index (χ1n) is 10.5. The van der Waals surface area contributed by atoms with Gasteiger partial charge in [-0.15, -0.1) is 0 Å². The van der Waals surface area contributed by atoms with Crippen LogP contribution in [0.3, 0.4) is 0 Å². The van der Waals surface area contributed by atoms with E-state index in [4.69, 9.17) is 4.74 Å². The zero-order valence-electron chi connectivity index (χ0n) is 16.8. The summed E-state index contributed by atoms with van der Waals surface area (Å²) in [6, 6.07) is -0.566. The summed E-state index contributed by atoms with van der Waals surface area (Å²) in [5, 5.41) is 4.92. The van der Waals surface area contributed by atoms with Crippen molar-refractivity contribution in [3.05, 3.63) is 0 Å². The van der Waals surface area contributed by atoms with Crippen LogP contribution in [0.15, 0.2) is 0 Å². The number of ether oxygens (including phenoxy) is 1. The molecule has 9 heteroatoms. The van der Waals surface area contributed by atoms with E-state index in [1.807, 2.05) is 0 Å². The molecule has 2 N–H and O–H groups in total. The van der Waals surface area contributed by atoms with Gasteiger partial charge in [0, 0.05) is 6.04 Å². The Hall–Kier alpha value is -2.45. The van der Waals surface area contributed by atoms with Crippen LogP contribution in [-0.4, -0.2) is 53.3 Å². The maximum Gasteiger partial charge on any atom is 0.326 e. The lowest BCUT2D eigenvalue weighted by Crippen LogP contribution is -2.48. The number of carbonyl (C=O) groups excluding carboxylic acids is 5. The molecular weight excluding hydrogens is 378 g/mol. The van der Waals surface area contributed by atoms with Crippen molar-refractivity contribution in [2.75, 3.05) is 6.54 Å². The molecule has 2 saturated carbocycles. The first-order chi connectivity index (χ1) is 13.9. The minimum atomic E-state index is -1.21. The molecule has 3 atom stereocenters. The lowest BCUT2D eigenvalue weighted by Gasteiger charge is -2.23. The Morgan fingerprint density at radius 2 is 1.52 bits per heavy atom. The van der Waals surface area contributed by atoms with Crippen LogP contribution in [0.5, 0.6) is 0 Å². The summed E-state index contributed by atoms with van der Waals surface area (Å²) < 4.78 is 5.04. The Bertz CT molecular complexity index is 664. The molecule has 2 aliphatic carbocycles. The van der Waals surface area contributed by atoms with Gasteiger partial charge in [0.25, 0.3) is 5.91 Å². The van der Waals surface area contributed by atoms with E-state index < -0.39 is 30.6 Å². The van der Waals surface area contributed by atoms with Gasteiger partial charge in [0.2, 0.25) is 11.8 Å². The third-order valence-corrected chi connectivity index (χ3v) is 6.07. The summed E-state index contributed by atoms with van der Waals surface area (Å²) >= 11 is 0. The molecule has 0 unspecified atom stereocenters. The molecule has 0 bridgehead atoms. The first kappa shape index (κ1) is 21.3. The van der Waals surface area contributed by atoms with Gasteiger partial charge in [0.15, 0.2) is 6.10 Å². The maximum atomic E-state index is 12.4. The van der Waals surface area contributed by atoms with Gasteiger partial charge in [0.05, 0.1) is 11.8 Å². The number of carbonyl (C=O) groups is 5. The Morgan fingerprint density at radius 3 is 2.10 bits per heavy atom. The van der Waals surface area contributed by atoms with Crippen LogP contribution in [0, 0.1) is 11.8 Å². The van der Waals surface area contributed by atoms with E-state index in [-0.39, 0.29) is 29.7 Å². The molecule has 1 saturated heterocycles. The second-order valence-corrected chi connectivity index (χ2v) is 8.19. The van der Waals surface area contributed by atoms with Crippen LogP contribution in [0.4, 0.5) is 4.79 Å². The fraction of sp³-hybridized carbons (Fsp3) is 0.750. The van der Waals surface area contributed by atoms with Gasteiger partial charge in [-0.1, -0.05) is 32.1 Å². The van der Waals surface area contributed by atoms with E-state index in [9.17, 15) is 24.0 Å². The molecule has 3 aliphatic rings. The molecule has 1 aliphatic heterocycles. The average Bonchev–Trinajstić information content (AvgIpc) is 2.93. The fourth-order valence-corrected chi connectivity index (χ4v) is 4.49. The normalized spacial score (nSPS) is 25.9. The van der Waals surface area contributed by atoms with Crippen molar-refractivity contribution in [2.45, 2.75) is 76.9 Å². The number of rotatable bonds is 5. The SMILES string of the molecule is C[C@H](OC(=O)CN1C(=O)[C@H]2CCCC[C@H]2C1=O)C(=O)NC(=O)NC1CCCCC1. The summed E-state index contributed by atoms with van der Waals surface area (Å²) in [6.07, 6.45) is 6.91. The van der Waals surface area contributed by atoms with E-state index in [0.717, 1.165) is 49.8 Å². The van der Waals surface area contributed by atoms with E-state index in [1.165, 1.54) is 6.92 Å². The lowest BCUT2D eigenvalue weighted by molar-refractivity contribution is -0.159. The van der Waals surface area contributed by atoms with E-state index in [2.05, 4.69) is 10.6 Å². The summed E-state index contributed by atoms with van der Waals surface area (Å²) in [7, 11) is 0. The molecule has 0 spiro atoms. The van der Waals surface area contributed by atoms with Crippen molar-refractivity contribution in [2.24, 2.45) is 11.8 Å². The van der Waals surface area contributed by atoms with Crippen molar-refractivity contribution in [3.8, 4) is 0 Å². The van der Waals surface area contributed by atoms with Crippen LogP contribution in [-0.2, 0) is 23.9 Å². The molecule has 29 heavy (non-hydrogen) atoms. The highest BCUT2D eigenvalue weighted by Gasteiger charge is 2.48. The van der Waals surface area contributed by atoms with Gasteiger partial charge in [0.1, 0.15) is 6.54 Å². The number of hydrogen-bond acceptors (Lipinski definition) is 6. The average molecular weight is 407 g/mol. The third kappa shape index (κ3) is 5.13. The highest BCUT2D eigenvalue weighted by molar-refractivity contribution is 6.07. The van der Waals surface area contributed by atoms with Crippen LogP contribution in [0.25, 0.3) is 0 Å². The second-order valence-electron chi connectivity index (χ2n) is 8.19. The van der Waals surface area contributed by atoms with Crippen molar-refractivity contribution in [1.29, 1.82) is 0 Å². The zero-order chi connectivity index (χ0) is 21.0. The molecule has 3 rings (SSSR count). The fourth-order valence-electron chi connectivity index (χ4n) is 4.49. The number of hydrogen-bond donors (Lipinski definition) is 2. The minimum absolute atomic E-state index is 0.0464. The molecule has 1 heterocycles. The molecule has 0 radical (unpaired) electrons. The van der Waals surface area contributed by atoms with Crippen LogP contribution >= 0.6 is 0 Å². The molecule has 3 fully saturated rings. The zero-order valence-corrected chi connectivity index (χ0v) is 16.8. The van der Waals surface area contributed by atoms with Crippen molar-refractivity contribution >= 4 is 29.7 Å². The minimum Gasteiger partial charge on any atom is -0.451 e. The highest BCUT2D eigenvalue weighted by Crippen LogP contribution is 2.37. The Morgan fingerprint density at radius 1 is 0.966 bits per heavy atom. The van der Waals surface area contributed by atoms with E-state index in [0.29, 0.717) is 12.8 Å². The number of fused-ring (bicyclic) bond motifs is 1. The number of imide groups is 2. The predicted octanol–water partition coefficient (Wildman–Crippen LogP) is 1.25. The van der Waals surface area contributed by atoms with Gasteiger partial charge in [-0.3, -0.25) is 29.4 Å². The summed E-state index contributed by atoms with van der Waals surface area (Å²) in [5.41, 5.74) is 0. The van der Waals surface area contributed by atoms with Crippen LogP contribution in [0.2, 0.25) is 0 Å². The number of likely N-dealkylation sites (tertiary alicyclic amines) is 1. The largest absolute Gasteiger partial charge is 0.451 e. The number of esters is 1. The van der Waals surface area contributed by atoms with Crippen LogP contribution in [0.1, 0.15) is 64.7 Å². The standard InChI is InChI=1S/C20H29N3O6/c1-12(17(25)22-20(28)21-13-7-3-2-4-8-13)29-16(24)11-23-18(26)14-9-5-6-10-15(14)19(23)27/h12-15H,2-11H2,1H3,(H2,21,22,25,28)/t12-,14-,15+/m0/s1. The molecule has 0 aromatic carbocycles. The topological polar surface area (TPSA) is 122 Å². The predicted molar refractivity (Wildman–Crippen MR) is 101 cm³/mol. The Labute approximate surface area is 169 Å². The van der Waals surface area contributed by atoms with Gasteiger partial charge >= 0.3 is 12.0 Å². The van der Waals surface area contributed by atoms with Crippen molar-refractivity contribution < 1.29 is 28.7 Å². The Balaban J connectivity index is 1.44. The number of urea groups is 1. The molecular formula is C20H29N3O6. The van der Waals surface area contributed by atoms with Gasteiger partial charge in [-0.05, 0) is 32.6 Å². The quantitative estimate of drug-likeness (QED) is 0.522. The summed E-state index contributed by atoms with van der Waals surface area (Å²) in [6.45, 7) is 0.838. The van der Waals surface area contributed by atoms with Gasteiger partial charge in [-0.25, -0.2) is 4.79 Å². The molecule has 0 aromatic rings. The first-order valence-corrected chi connectivity index (χ1v) is 10.5. The van der Waals surface area contributed by atoms with Crippen molar-refractivity contribution in [1.82, 2.24) is 15.5 Å².